The van der Waals surface area contributed by atoms with Gasteiger partial charge >= 0.3 is 13.8 Å². The molecule has 1 aliphatic rings. The molecule has 0 radical (unpaired) electrons. The van der Waals surface area contributed by atoms with E-state index in [1.807, 2.05) is 0 Å². The third-order valence-corrected chi connectivity index (χ3v) is 4.65. The van der Waals surface area contributed by atoms with E-state index >= 15 is 0 Å². The number of phosphoric ester groups is 1. The summed E-state index contributed by atoms with van der Waals surface area (Å²) in [5.74, 6) is -3.27. The number of hydrogen-bond acceptors (Lipinski definition) is 10. The highest BCUT2D eigenvalue weighted by Gasteiger charge is 2.45. The molecule has 2 heterocycles. The highest BCUT2D eigenvalue weighted by atomic mass is 31.2. The molecule has 30 heavy (non-hydrogen) atoms. The van der Waals surface area contributed by atoms with Crippen LogP contribution in [0.1, 0.15) is 30.1 Å². The number of nitrogens with one attached hydrogen (secondary N) is 1. The van der Waals surface area contributed by atoms with Crippen molar-refractivity contribution in [3.8, 4) is 0 Å². The summed E-state index contributed by atoms with van der Waals surface area (Å²) in [5, 5.41) is 31.3. The van der Waals surface area contributed by atoms with Crippen LogP contribution in [0.5, 0.6) is 0 Å². The fourth-order valence-corrected chi connectivity index (χ4v) is 3.07. The molecule has 1 fully saturated rings. The molecule has 2 rings (SSSR count). The van der Waals surface area contributed by atoms with Gasteiger partial charge in [0.25, 0.3) is 5.91 Å². The molecule has 168 valence electrons. The van der Waals surface area contributed by atoms with E-state index in [1.165, 1.54) is 0 Å². The number of nitrogens with two attached hydrogens (primary N) is 1. The topological polar surface area (TPSA) is 244 Å². The smallest absolute Gasteiger partial charge is 0.469 e. The number of amides is 1. The minimum absolute atomic E-state index is 0.354. The van der Waals surface area contributed by atoms with Gasteiger partial charge in [0.05, 0.1) is 12.9 Å². The van der Waals surface area contributed by atoms with Gasteiger partial charge in [-0.15, -0.1) is 0 Å². The van der Waals surface area contributed by atoms with Crippen LogP contribution in [0.2, 0.25) is 0 Å². The number of phosphoric acid groups is 1. The lowest BCUT2D eigenvalue weighted by Crippen LogP contribution is -2.42. The Balaban J connectivity index is 2.16. The number of imidazole rings is 1. The van der Waals surface area contributed by atoms with Crippen LogP contribution < -0.4 is 11.1 Å². The number of Topliss-reactive ketones (excluding diaryl/α,β-unsaturated/α-hetero) is 1. The van der Waals surface area contributed by atoms with Gasteiger partial charge in [-0.1, -0.05) is 0 Å². The molecule has 1 aromatic heterocycles. The minimum atomic E-state index is -4.85. The van der Waals surface area contributed by atoms with Crippen molar-refractivity contribution in [3.05, 3.63) is 12.0 Å². The molecular formula is C14H21N4O11P. The van der Waals surface area contributed by atoms with E-state index in [0.717, 1.165) is 17.8 Å². The summed E-state index contributed by atoms with van der Waals surface area (Å²) in [4.78, 5) is 55.8. The molecule has 1 saturated heterocycles. The summed E-state index contributed by atoms with van der Waals surface area (Å²) < 4.78 is 21.3. The number of ether oxygens (including phenoxy) is 1. The number of nitrogen functional groups attached to an aromatic ring is 1. The van der Waals surface area contributed by atoms with E-state index in [-0.39, 0.29) is 5.82 Å². The Morgan fingerprint density at radius 2 is 2.00 bits per heavy atom. The van der Waals surface area contributed by atoms with Crippen molar-refractivity contribution in [2.75, 3.05) is 12.3 Å². The standard InChI is InChI=1S/C14H21N4O11P/c1-5(19)2-6(14(23)24)17-12(22)8-11(15)18(4-16-8)13-10(21)9(20)7(29-13)3-28-30(25,26)27/h4,6-7,9-10,13,20-21H,2-3,15H2,1H3,(H,17,22)(H,23,24)(H2,25,26,27)/t6-,7+,9+,10+,13?/m0/s1. The number of ketones is 1. The van der Waals surface area contributed by atoms with Crippen molar-refractivity contribution >= 4 is 31.3 Å². The van der Waals surface area contributed by atoms with Crippen LogP contribution in [0.3, 0.4) is 0 Å². The number of rotatable bonds is 9. The van der Waals surface area contributed by atoms with Gasteiger partial charge < -0.3 is 40.9 Å². The Labute approximate surface area is 168 Å². The van der Waals surface area contributed by atoms with Crippen LogP contribution in [0, 0.1) is 0 Å². The molecule has 8 N–H and O–H groups in total. The minimum Gasteiger partial charge on any atom is -0.480 e. The zero-order valence-electron chi connectivity index (χ0n) is 15.5. The lowest BCUT2D eigenvalue weighted by molar-refractivity contribution is -0.140. The fraction of sp³-hybridized carbons (Fsp3) is 0.571. The number of aliphatic hydroxyl groups excluding tert-OH is 2. The van der Waals surface area contributed by atoms with Gasteiger partial charge in [-0.3, -0.25) is 18.7 Å². The van der Waals surface area contributed by atoms with Crippen LogP contribution in [-0.2, 0) is 23.4 Å². The summed E-state index contributed by atoms with van der Waals surface area (Å²) in [6.07, 6.45) is -5.41. The van der Waals surface area contributed by atoms with Crippen LogP contribution in [0.4, 0.5) is 5.82 Å². The zero-order valence-corrected chi connectivity index (χ0v) is 16.4. The predicted molar refractivity (Wildman–Crippen MR) is 94.7 cm³/mol. The van der Waals surface area contributed by atoms with Crippen molar-refractivity contribution in [2.45, 2.75) is 43.9 Å². The van der Waals surface area contributed by atoms with Crippen LogP contribution >= 0.6 is 7.82 Å². The number of aliphatic hydroxyl groups is 2. The Kier molecular flexibility index (Phi) is 7.31. The number of aliphatic carboxylic acids is 1. The summed E-state index contributed by atoms with van der Waals surface area (Å²) in [6, 6.07) is -1.51. The number of anilines is 1. The molecule has 16 heteroatoms. The third-order valence-electron chi connectivity index (χ3n) is 4.16. The Morgan fingerprint density at radius 1 is 1.37 bits per heavy atom. The van der Waals surface area contributed by atoms with Gasteiger partial charge in [0.2, 0.25) is 0 Å². The van der Waals surface area contributed by atoms with Gasteiger partial charge in [-0.2, -0.15) is 0 Å². The van der Waals surface area contributed by atoms with Crippen molar-refractivity contribution in [1.29, 1.82) is 0 Å². The summed E-state index contributed by atoms with van der Waals surface area (Å²) in [7, 11) is -4.85. The van der Waals surface area contributed by atoms with Crippen molar-refractivity contribution in [1.82, 2.24) is 14.9 Å². The van der Waals surface area contributed by atoms with E-state index in [0.29, 0.717) is 0 Å². The Bertz CT molecular complexity index is 868. The first-order valence-corrected chi connectivity index (χ1v) is 9.92. The first-order valence-electron chi connectivity index (χ1n) is 8.39. The van der Waals surface area contributed by atoms with Crippen LogP contribution in [0.25, 0.3) is 0 Å². The summed E-state index contributed by atoms with van der Waals surface area (Å²) in [5.41, 5.74) is 5.40. The average Bonchev–Trinajstić information content (AvgIpc) is 3.12. The molecule has 0 bridgehead atoms. The molecule has 0 aromatic carbocycles. The fourth-order valence-electron chi connectivity index (χ4n) is 2.73. The molecule has 1 aromatic rings. The number of nitrogens with zero attached hydrogens (tertiary/aromatic N) is 2. The number of carbonyl (C=O) groups is 3. The van der Waals surface area contributed by atoms with E-state index < -0.39 is 74.8 Å². The lowest BCUT2D eigenvalue weighted by atomic mass is 10.1. The Morgan fingerprint density at radius 3 is 2.53 bits per heavy atom. The maximum atomic E-state index is 12.3. The third kappa shape index (κ3) is 5.60. The van der Waals surface area contributed by atoms with E-state index in [9.17, 15) is 29.2 Å². The first-order chi connectivity index (χ1) is 13.8. The maximum absolute atomic E-state index is 12.3. The average molecular weight is 452 g/mol. The maximum Gasteiger partial charge on any atom is 0.469 e. The largest absolute Gasteiger partial charge is 0.480 e. The normalized spacial score (nSPS) is 25.1. The highest BCUT2D eigenvalue weighted by molar-refractivity contribution is 7.46. The number of carboxylic acids is 1. The van der Waals surface area contributed by atoms with Crippen LogP contribution in [0.15, 0.2) is 6.33 Å². The van der Waals surface area contributed by atoms with Crippen molar-refractivity contribution in [3.63, 3.8) is 0 Å². The van der Waals surface area contributed by atoms with Gasteiger partial charge in [0.15, 0.2) is 11.9 Å². The number of carboxylic acid groups (broad SMARTS) is 1. The molecule has 1 unspecified atom stereocenters. The summed E-state index contributed by atoms with van der Waals surface area (Å²) in [6.45, 7) is 0.411. The lowest BCUT2D eigenvalue weighted by Gasteiger charge is -2.18. The number of carbonyl (C=O) groups excluding carboxylic acids is 2. The number of aromatic nitrogens is 2. The summed E-state index contributed by atoms with van der Waals surface area (Å²) >= 11 is 0. The number of hydrogen-bond donors (Lipinski definition) is 7. The Hall–Kier alpha value is -2.39. The highest BCUT2D eigenvalue weighted by Crippen LogP contribution is 2.38. The van der Waals surface area contributed by atoms with Crippen molar-refractivity contribution in [2.24, 2.45) is 0 Å². The monoisotopic (exact) mass is 452 g/mol. The second-order valence-electron chi connectivity index (χ2n) is 6.49. The molecule has 0 aliphatic carbocycles. The van der Waals surface area contributed by atoms with Crippen molar-refractivity contribution < 1.29 is 53.3 Å². The van der Waals surface area contributed by atoms with E-state index in [1.54, 1.807) is 0 Å². The molecule has 1 amide bonds. The second kappa shape index (κ2) is 9.18. The molecule has 1 aliphatic heterocycles. The van der Waals surface area contributed by atoms with Gasteiger partial charge in [0.1, 0.15) is 36.0 Å². The predicted octanol–water partition coefficient (Wildman–Crippen LogP) is -2.64. The second-order valence-corrected chi connectivity index (χ2v) is 7.73. The first kappa shape index (κ1) is 23.9. The molecule has 0 saturated carbocycles. The van der Waals surface area contributed by atoms with E-state index in [4.69, 9.17) is 25.4 Å². The SMILES string of the molecule is CC(=O)C[C@H](NC(=O)c1ncn(C2O[C@H](COP(=O)(O)O)[C@@H](O)[C@H]2O)c1N)C(=O)O. The van der Waals surface area contributed by atoms with Gasteiger partial charge in [0, 0.05) is 6.42 Å². The molecule has 5 atom stereocenters. The molecular weight excluding hydrogens is 431 g/mol. The van der Waals surface area contributed by atoms with Crippen LogP contribution in [-0.4, -0.2) is 83.3 Å². The molecule has 15 nitrogen and oxygen atoms in total. The molecule has 0 spiro atoms. The van der Waals surface area contributed by atoms with Gasteiger partial charge in [-0.25, -0.2) is 14.3 Å². The quantitative estimate of drug-likeness (QED) is 0.190. The van der Waals surface area contributed by atoms with E-state index in [2.05, 4.69) is 14.8 Å². The zero-order chi connectivity index (χ0) is 22.8. The van der Waals surface area contributed by atoms with Gasteiger partial charge in [-0.05, 0) is 6.92 Å².